The van der Waals surface area contributed by atoms with Crippen LogP contribution in [0.3, 0.4) is 0 Å². The largest absolute Gasteiger partial charge is 0.494 e. The van der Waals surface area contributed by atoms with Crippen LogP contribution in [-0.2, 0) is 11.3 Å². The molecular formula is C26H27NO5. The van der Waals surface area contributed by atoms with Crippen molar-refractivity contribution in [3.8, 4) is 17.2 Å². The first-order valence-electron chi connectivity index (χ1n) is 10.8. The fourth-order valence-electron chi connectivity index (χ4n) is 3.88. The number of aryl methyl sites for hydroxylation is 1. The van der Waals surface area contributed by atoms with E-state index in [0.717, 1.165) is 51.9 Å². The van der Waals surface area contributed by atoms with E-state index < -0.39 is 5.97 Å². The van der Waals surface area contributed by atoms with E-state index in [0.29, 0.717) is 19.8 Å². The molecule has 0 atom stereocenters. The summed E-state index contributed by atoms with van der Waals surface area (Å²) in [5, 5.41) is 11.4. The van der Waals surface area contributed by atoms with E-state index >= 15 is 0 Å². The number of carboxylic acids is 1. The molecule has 0 fully saturated rings. The van der Waals surface area contributed by atoms with Gasteiger partial charge in [0.15, 0.2) is 11.5 Å². The van der Waals surface area contributed by atoms with Gasteiger partial charge in [0.25, 0.3) is 0 Å². The Kier molecular flexibility index (Phi) is 6.80. The van der Waals surface area contributed by atoms with Crippen LogP contribution < -0.4 is 14.2 Å². The second-order valence-corrected chi connectivity index (χ2v) is 7.55. The van der Waals surface area contributed by atoms with Crippen LogP contribution in [0.15, 0.2) is 66.7 Å². The lowest BCUT2D eigenvalue weighted by atomic mass is 10.1. The number of carbonyl (C=O) groups is 1. The molecule has 6 heteroatoms. The molecule has 0 aliphatic carbocycles. The van der Waals surface area contributed by atoms with E-state index in [1.165, 1.54) is 0 Å². The minimum atomic E-state index is -0.807. The third-order valence-electron chi connectivity index (χ3n) is 5.43. The number of nitrogens with zero attached hydrogens (tertiary/aromatic N) is 1. The van der Waals surface area contributed by atoms with Crippen LogP contribution in [0, 0.1) is 0 Å². The highest BCUT2D eigenvalue weighted by Crippen LogP contribution is 2.32. The van der Waals surface area contributed by atoms with Gasteiger partial charge >= 0.3 is 5.97 Å². The standard InChI is InChI=1S/C26H27NO5/c1-30-24-10-4-5-11-25(24)32-17-7-6-16-31-19-12-13-21-20-8-2-3-9-22(20)27(23(21)18-19)15-14-26(28)29/h2-5,8-13,18H,6-7,14-17H2,1H3,(H,28,29). The van der Waals surface area contributed by atoms with Crippen LogP contribution in [0.1, 0.15) is 19.3 Å². The molecular weight excluding hydrogens is 406 g/mol. The summed E-state index contributed by atoms with van der Waals surface area (Å²) in [4.78, 5) is 11.1. The fourth-order valence-corrected chi connectivity index (χ4v) is 3.88. The van der Waals surface area contributed by atoms with E-state index in [4.69, 9.17) is 19.3 Å². The van der Waals surface area contributed by atoms with E-state index in [9.17, 15) is 4.79 Å². The number of carboxylic acid groups (broad SMARTS) is 1. The molecule has 6 nitrogen and oxygen atoms in total. The Bertz CT molecular complexity index is 1210. The smallest absolute Gasteiger partial charge is 0.305 e. The summed E-state index contributed by atoms with van der Waals surface area (Å²) < 4.78 is 19.1. The number of fused-ring (bicyclic) bond motifs is 3. The zero-order valence-electron chi connectivity index (χ0n) is 18.1. The molecule has 4 rings (SSSR count). The number of ether oxygens (including phenoxy) is 3. The highest BCUT2D eigenvalue weighted by molar-refractivity contribution is 6.08. The third kappa shape index (κ3) is 4.80. The van der Waals surface area contributed by atoms with Crippen molar-refractivity contribution >= 4 is 27.8 Å². The van der Waals surface area contributed by atoms with Gasteiger partial charge in [0.05, 0.1) is 32.3 Å². The van der Waals surface area contributed by atoms with Crippen molar-refractivity contribution < 1.29 is 24.1 Å². The summed E-state index contributed by atoms with van der Waals surface area (Å²) in [5.41, 5.74) is 2.03. The Morgan fingerprint density at radius 1 is 0.844 bits per heavy atom. The van der Waals surface area contributed by atoms with Gasteiger partial charge in [-0.05, 0) is 43.2 Å². The Morgan fingerprint density at radius 3 is 2.31 bits per heavy atom. The molecule has 166 valence electrons. The van der Waals surface area contributed by atoms with Crippen molar-refractivity contribution in [2.75, 3.05) is 20.3 Å². The van der Waals surface area contributed by atoms with Crippen LogP contribution in [0.4, 0.5) is 0 Å². The molecule has 1 aromatic heterocycles. The Morgan fingerprint density at radius 2 is 1.53 bits per heavy atom. The van der Waals surface area contributed by atoms with Gasteiger partial charge < -0.3 is 23.9 Å². The highest BCUT2D eigenvalue weighted by atomic mass is 16.5. The minimum absolute atomic E-state index is 0.0745. The second kappa shape index (κ2) is 10.1. The van der Waals surface area contributed by atoms with Crippen molar-refractivity contribution in [1.82, 2.24) is 4.57 Å². The number of aliphatic carboxylic acids is 1. The SMILES string of the molecule is COc1ccccc1OCCCCOc1ccc2c3ccccc3n(CCC(=O)O)c2c1. The van der Waals surface area contributed by atoms with Crippen molar-refractivity contribution in [1.29, 1.82) is 0 Å². The van der Waals surface area contributed by atoms with E-state index in [1.807, 2.05) is 54.6 Å². The number of hydrogen-bond donors (Lipinski definition) is 1. The van der Waals surface area contributed by atoms with Crippen LogP contribution >= 0.6 is 0 Å². The number of hydrogen-bond acceptors (Lipinski definition) is 4. The first-order valence-corrected chi connectivity index (χ1v) is 10.8. The zero-order valence-corrected chi connectivity index (χ0v) is 18.1. The minimum Gasteiger partial charge on any atom is -0.494 e. The summed E-state index contributed by atoms with van der Waals surface area (Å²) in [5.74, 6) is 1.45. The first-order chi connectivity index (χ1) is 15.7. The monoisotopic (exact) mass is 433 g/mol. The number of para-hydroxylation sites is 3. The average molecular weight is 434 g/mol. The van der Waals surface area contributed by atoms with E-state index in [-0.39, 0.29) is 6.42 Å². The molecule has 0 spiro atoms. The van der Waals surface area contributed by atoms with Crippen LogP contribution in [0.2, 0.25) is 0 Å². The summed E-state index contributed by atoms with van der Waals surface area (Å²) in [6, 6.07) is 21.7. The van der Waals surface area contributed by atoms with Gasteiger partial charge in [-0.3, -0.25) is 4.79 Å². The third-order valence-corrected chi connectivity index (χ3v) is 5.43. The van der Waals surface area contributed by atoms with Crippen LogP contribution in [0.25, 0.3) is 21.8 Å². The molecule has 0 aliphatic heterocycles. The molecule has 0 bridgehead atoms. The summed E-state index contributed by atoms with van der Waals surface area (Å²) >= 11 is 0. The van der Waals surface area contributed by atoms with E-state index in [1.54, 1.807) is 7.11 Å². The predicted octanol–water partition coefficient (Wildman–Crippen LogP) is 5.52. The number of unbranched alkanes of at least 4 members (excludes halogenated alkanes) is 1. The topological polar surface area (TPSA) is 69.9 Å². The Balaban J connectivity index is 1.38. The van der Waals surface area contributed by atoms with Crippen molar-refractivity contribution in [3.63, 3.8) is 0 Å². The lowest BCUT2D eigenvalue weighted by molar-refractivity contribution is -0.137. The van der Waals surface area contributed by atoms with Gasteiger partial charge in [-0.15, -0.1) is 0 Å². The van der Waals surface area contributed by atoms with E-state index in [2.05, 4.69) is 16.7 Å². The normalized spacial score (nSPS) is 11.0. The molecule has 4 aromatic rings. The molecule has 0 saturated heterocycles. The number of aromatic nitrogens is 1. The lowest BCUT2D eigenvalue weighted by Gasteiger charge is -2.11. The van der Waals surface area contributed by atoms with Gasteiger partial charge in [0.2, 0.25) is 0 Å². The van der Waals surface area contributed by atoms with Gasteiger partial charge in [-0.25, -0.2) is 0 Å². The maximum Gasteiger partial charge on any atom is 0.305 e. The van der Waals surface area contributed by atoms with Gasteiger partial charge in [-0.1, -0.05) is 30.3 Å². The molecule has 0 unspecified atom stereocenters. The predicted molar refractivity (Wildman–Crippen MR) is 125 cm³/mol. The lowest BCUT2D eigenvalue weighted by Crippen LogP contribution is -2.05. The number of rotatable bonds is 11. The summed E-state index contributed by atoms with van der Waals surface area (Å²) in [7, 11) is 1.63. The molecule has 0 saturated carbocycles. The maximum atomic E-state index is 11.1. The Hall–Kier alpha value is -3.67. The Labute approximate surface area is 186 Å². The first kappa shape index (κ1) is 21.6. The quantitative estimate of drug-likeness (QED) is 0.316. The zero-order chi connectivity index (χ0) is 22.3. The second-order valence-electron chi connectivity index (χ2n) is 7.55. The molecule has 0 aliphatic rings. The van der Waals surface area contributed by atoms with Crippen molar-refractivity contribution in [3.05, 3.63) is 66.7 Å². The van der Waals surface area contributed by atoms with Crippen molar-refractivity contribution in [2.24, 2.45) is 0 Å². The molecule has 1 heterocycles. The number of methoxy groups -OCH3 is 1. The molecule has 1 N–H and O–H groups in total. The fraction of sp³-hybridized carbons (Fsp3) is 0.269. The van der Waals surface area contributed by atoms with Crippen LogP contribution in [0.5, 0.6) is 17.2 Å². The summed E-state index contributed by atoms with van der Waals surface area (Å²) in [6.07, 6.45) is 1.79. The maximum absolute atomic E-state index is 11.1. The highest BCUT2D eigenvalue weighted by Gasteiger charge is 2.12. The van der Waals surface area contributed by atoms with Gasteiger partial charge in [0, 0.05) is 28.9 Å². The summed E-state index contributed by atoms with van der Waals surface area (Å²) in [6.45, 7) is 1.59. The van der Waals surface area contributed by atoms with Crippen LogP contribution in [-0.4, -0.2) is 36.0 Å². The van der Waals surface area contributed by atoms with Crippen molar-refractivity contribution in [2.45, 2.75) is 25.8 Å². The molecule has 0 radical (unpaired) electrons. The molecule has 3 aromatic carbocycles. The number of benzene rings is 3. The molecule has 0 amide bonds. The van der Waals surface area contributed by atoms with Gasteiger partial charge in [-0.2, -0.15) is 0 Å². The molecule has 32 heavy (non-hydrogen) atoms. The average Bonchev–Trinajstić information content (AvgIpc) is 3.13. The van der Waals surface area contributed by atoms with Gasteiger partial charge in [0.1, 0.15) is 5.75 Å².